The normalized spacial score (nSPS) is 12.3. The zero-order valence-electron chi connectivity index (χ0n) is 23.5. The summed E-state index contributed by atoms with van der Waals surface area (Å²) in [4.78, 5) is 29.0. The summed E-state index contributed by atoms with van der Waals surface area (Å²) < 4.78 is 28.1. The summed E-state index contributed by atoms with van der Waals surface area (Å²) in [6, 6.07) is 25.7. The first-order chi connectivity index (χ1) is 20.1. The Morgan fingerprint density at radius 1 is 0.857 bits per heavy atom. The van der Waals surface area contributed by atoms with Crippen molar-refractivity contribution in [2.24, 2.45) is 0 Å². The fraction of sp³-hybridized carbons (Fsp3) is 0.250. The smallest absolute Gasteiger partial charge is 0.243 e. The lowest BCUT2D eigenvalue weighted by Crippen LogP contribution is -2.53. The van der Waals surface area contributed by atoms with Crippen molar-refractivity contribution in [2.75, 3.05) is 20.1 Å². The third kappa shape index (κ3) is 7.50. The first kappa shape index (κ1) is 31.5. The lowest BCUT2D eigenvalue weighted by Gasteiger charge is -2.33. The monoisotopic (exact) mass is 625 g/mol. The van der Waals surface area contributed by atoms with Crippen LogP contribution in [0.5, 0.6) is 0 Å². The summed E-state index contributed by atoms with van der Waals surface area (Å²) in [5.74, 6) is -0.914. The van der Waals surface area contributed by atoms with Crippen LogP contribution in [-0.2, 0) is 32.6 Å². The van der Waals surface area contributed by atoms with Crippen molar-refractivity contribution in [3.8, 4) is 0 Å². The van der Waals surface area contributed by atoms with Crippen LogP contribution in [0.15, 0.2) is 95.9 Å². The molecule has 0 aromatic heterocycles. The van der Waals surface area contributed by atoms with Crippen molar-refractivity contribution < 1.29 is 18.0 Å². The summed E-state index contributed by atoms with van der Waals surface area (Å²) in [6.45, 7) is 1.78. The van der Waals surface area contributed by atoms with Crippen LogP contribution < -0.4 is 5.32 Å². The molecule has 0 aliphatic rings. The molecule has 0 spiro atoms. The molecule has 1 unspecified atom stereocenters. The van der Waals surface area contributed by atoms with E-state index >= 15 is 0 Å². The van der Waals surface area contributed by atoms with Gasteiger partial charge in [-0.15, -0.1) is 0 Å². The van der Waals surface area contributed by atoms with E-state index in [-0.39, 0.29) is 23.8 Å². The van der Waals surface area contributed by atoms with Crippen molar-refractivity contribution in [1.82, 2.24) is 14.5 Å². The van der Waals surface area contributed by atoms with E-state index in [9.17, 15) is 18.0 Å². The second kappa shape index (κ2) is 14.2. The number of carbonyl (C=O) groups excluding carboxylic acids is 2. The molecule has 0 aliphatic carbocycles. The third-order valence-corrected chi connectivity index (χ3v) is 9.51. The number of carbonyl (C=O) groups is 2. The van der Waals surface area contributed by atoms with E-state index in [0.717, 1.165) is 20.6 Å². The van der Waals surface area contributed by atoms with Crippen LogP contribution >= 0.6 is 23.2 Å². The van der Waals surface area contributed by atoms with E-state index < -0.39 is 28.5 Å². The van der Waals surface area contributed by atoms with Crippen LogP contribution in [0.3, 0.4) is 0 Å². The van der Waals surface area contributed by atoms with E-state index in [1.807, 2.05) is 61.5 Å². The summed E-state index contributed by atoms with van der Waals surface area (Å²) >= 11 is 13.0. The first-order valence-corrected chi connectivity index (χ1v) is 15.8. The van der Waals surface area contributed by atoms with E-state index in [2.05, 4.69) is 5.32 Å². The molecule has 1 N–H and O–H groups in total. The zero-order chi connectivity index (χ0) is 30.3. The number of fused-ring (bicyclic) bond motifs is 1. The van der Waals surface area contributed by atoms with Gasteiger partial charge in [0, 0.05) is 42.2 Å². The number of sulfonamides is 1. The molecule has 1 atom stereocenters. The van der Waals surface area contributed by atoms with Crippen LogP contribution in [0.1, 0.15) is 24.5 Å². The van der Waals surface area contributed by atoms with Crippen LogP contribution in [0.4, 0.5) is 0 Å². The lowest BCUT2D eigenvalue weighted by atomic mass is 10.0. The van der Waals surface area contributed by atoms with Gasteiger partial charge in [0.15, 0.2) is 0 Å². The maximum atomic E-state index is 14.0. The highest BCUT2D eigenvalue weighted by atomic mass is 35.5. The molecule has 0 bridgehead atoms. The molecule has 0 saturated heterocycles. The summed E-state index contributed by atoms with van der Waals surface area (Å²) in [5.41, 5.74) is 1.31. The Morgan fingerprint density at radius 2 is 1.50 bits per heavy atom. The van der Waals surface area contributed by atoms with Gasteiger partial charge in [-0.1, -0.05) is 96.9 Å². The van der Waals surface area contributed by atoms with Gasteiger partial charge < -0.3 is 10.2 Å². The Labute approximate surface area is 257 Å². The van der Waals surface area contributed by atoms with Gasteiger partial charge in [0.25, 0.3) is 0 Å². The standard InChI is InChI=1S/C32H33Cl2N3O4S/c1-3-18-35-32(39)30(19-23-10-5-4-6-11-23)37(21-27-28(33)14-9-15-29(27)34)31(38)22-36(2)42(40,41)26-17-16-24-12-7-8-13-25(24)20-26/h4-17,20,30H,3,18-19,21-22H2,1-2H3,(H,35,39). The van der Waals surface area contributed by atoms with Crippen molar-refractivity contribution >= 4 is 55.8 Å². The van der Waals surface area contributed by atoms with Gasteiger partial charge in [-0.3, -0.25) is 9.59 Å². The molecule has 4 aromatic rings. The average Bonchev–Trinajstić information content (AvgIpc) is 2.99. The van der Waals surface area contributed by atoms with Crippen molar-refractivity contribution in [2.45, 2.75) is 37.2 Å². The minimum absolute atomic E-state index is 0.0683. The number of likely N-dealkylation sites (N-methyl/N-ethyl adjacent to an activating group) is 1. The van der Waals surface area contributed by atoms with Gasteiger partial charge in [0.1, 0.15) is 6.04 Å². The van der Waals surface area contributed by atoms with E-state index in [4.69, 9.17) is 23.2 Å². The van der Waals surface area contributed by atoms with Crippen LogP contribution in [0.25, 0.3) is 10.8 Å². The fourth-order valence-electron chi connectivity index (χ4n) is 4.65. The van der Waals surface area contributed by atoms with E-state index in [1.165, 1.54) is 18.0 Å². The molecule has 4 rings (SSSR count). The van der Waals surface area contributed by atoms with Crippen LogP contribution in [0.2, 0.25) is 10.0 Å². The second-order valence-corrected chi connectivity index (χ2v) is 12.8. The summed E-state index contributed by atoms with van der Waals surface area (Å²) in [7, 11) is -2.68. The quantitative estimate of drug-likeness (QED) is 0.211. The number of amides is 2. The highest BCUT2D eigenvalue weighted by Crippen LogP contribution is 2.28. The van der Waals surface area contributed by atoms with Crippen LogP contribution in [-0.4, -0.2) is 55.6 Å². The molecular weight excluding hydrogens is 593 g/mol. The Morgan fingerprint density at radius 3 is 2.17 bits per heavy atom. The molecule has 42 heavy (non-hydrogen) atoms. The highest BCUT2D eigenvalue weighted by Gasteiger charge is 2.33. The Kier molecular flexibility index (Phi) is 10.6. The number of rotatable bonds is 12. The number of hydrogen-bond donors (Lipinski definition) is 1. The Bertz CT molecular complexity index is 1640. The van der Waals surface area contributed by atoms with Gasteiger partial charge in [0.2, 0.25) is 21.8 Å². The summed E-state index contributed by atoms with van der Waals surface area (Å²) in [6.07, 6.45) is 0.923. The van der Waals surface area contributed by atoms with Crippen molar-refractivity contribution in [3.63, 3.8) is 0 Å². The molecule has 10 heteroatoms. The van der Waals surface area contributed by atoms with Crippen molar-refractivity contribution in [3.05, 3.63) is 112 Å². The predicted molar refractivity (Wildman–Crippen MR) is 168 cm³/mol. The molecule has 2 amide bonds. The predicted octanol–water partition coefficient (Wildman–Crippen LogP) is 5.93. The molecule has 0 aliphatic heterocycles. The molecule has 0 saturated carbocycles. The molecule has 0 heterocycles. The minimum atomic E-state index is -4.03. The number of nitrogens with one attached hydrogen (secondary N) is 1. The maximum absolute atomic E-state index is 14.0. The largest absolute Gasteiger partial charge is 0.354 e. The summed E-state index contributed by atoms with van der Waals surface area (Å²) in [5, 5.41) is 5.24. The number of benzene rings is 4. The number of hydrogen-bond acceptors (Lipinski definition) is 4. The number of halogens is 2. The van der Waals surface area contributed by atoms with Gasteiger partial charge in [-0.2, -0.15) is 4.31 Å². The fourth-order valence-corrected chi connectivity index (χ4v) is 6.32. The molecule has 0 radical (unpaired) electrons. The molecule has 0 fully saturated rings. The van der Waals surface area contributed by atoms with Gasteiger partial charge >= 0.3 is 0 Å². The topological polar surface area (TPSA) is 86.8 Å². The molecule has 220 valence electrons. The molecule has 4 aromatic carbocycles. The number of nitrogens with zero attached hydrogens (tertiary/aromatic N) is 2. The molecule has 7 nitrogen and oxygen atoms in total. The van der Waals surface area contributed by atoms with Gasteiger partial charge in [-0.25, -0.2) is 8.42 Å². The average molecular weight is 627 g/mol. The first-order valence-electron chi connectivity index (χ1n) is 13.6. The zero-order valence-corrected chi connectivity index (χ0v) is 25.8. The van der Waals surface area contributed by atoms with Crippen molar-refractivity contribution in [1.29, 1.82) is 0 Å². The lowest BCUT2D eigenvalue weighted by molar-refractivity contribution is -0.141. The van der Waals surface area contributed by atoms with Gasteiger partial charge in [0.05, 0.1) is 11.4 Å². The van der Waals surface area contributed by atoms with Crippen LogP contribution in [0, 0.1) is 0 Å². The molecular formula is C32H33Cl2N3O4S. The van der Waals surface area contributed by atoms with E-state index in [0.29, 0.717) is 28.6 Å². The van der Waals surface area contributed by atoms with E-state index in [1.54, 1.807) is 30.3 Å². The Hall–Kier alpha value is -3.43. The third-order valence-electron chi connectivity index (χ3n) is 7.00. The Balaban J connectivity index is 1.69. The maximum Gasteiger partial charge on any atom is 0.243 e. The highest BCUT2D eigenvalue weighted by molar-refractivity contribution is 7.89. The SMILES string of the molecule is CCCNC(=O)C(Cc1ccccc1)N(Cc1c(Cl)cccc1Cl)C(=O)CN(C)S(=O)(=O)c1ccc2ccccc2c1. The van der Waals surface area contributed by atoms with Gasteiger partial charge in [-0.05, 0) is 47.0 Å². The second-order valence-electron chi connectivity index (χ2n) is 9.99. The minimum Gasteiger partial charge on any atom is -0.354 e.